The van der Waals surface area contributed by atoms with Gasteiger partial charge in [-0.25, -0.2) is 0 Å². The SMILES string of the molecule is CC(=O)CC[C@H](CC(=O)O)C(C)C. The van der Waals surface area contributed by atoms with Gasteiger partial charge in [-0.3, -0.25) is 4.79 Å². The van der Waals surface area contributed by atoms with E-state index in [1.165, 1.54) is 6.92 Å². The predicted octanol–water partition coefficient (Wildman–Crippen LogP) is 2.10. The van der Waals surface area contributed by atoms with Crippen molar-refractivity contribution in [3.63, 3.8) is 0 Å². The zero-order chi connectivity index (χ0) is 10.4. The lowest BCUT2D eigenvalue weighted by Crippen LogP contribution is -2.14. The molecule has 1 atom stereocenters. The van der Waals surface area contributed by atoms with E-state index in [2.05, 4.69) is 0 Å². The number of carbonyl (C=O) groups excluding carboxylic acids is 1. The van der Waals surface area contributed by atoms with Crippen LogP contribution in [-0.4, -0.2) is 16.9 Å². The fourth-order valence-electron chi connectivity index (χ4n) is 1.28. The Morgan fingerprint density at radius 3 is 2.15 bits per heavy atom. The molecule has 0 aliphatic carbocycles. The van der Waals surface area contributed by atoms with Gasteiger partial charge >= 0.3 is 5.97 Å². The average Bonchev–Trinajstić information content (AvgIpc) is 1.96. The Hall–Kier alpha value is -0.860. The number of rotatable bonds is 6. The first-order chi connectivity index (χ1) is 5.93. The van der Waals surface area contributed by atoms with Crippen LogP contribution in [0, 0.1) is 11.8 Å². The van der Waals surface area contributed by atoms with Gasteiger partial charge in [0.2, 0.25) is 0 Å². The molecule has 0 unspecified atom stereocenters. The number of hydrogen-bond donors (Lipinski definition) is 1. The van der Waals surface area contributed by atoms with Crippen molar-refractivity contribution in [2.75, 3.05) is 0 Å². The Morgan fingerprint density at radius 1 is 1.31 bits per heavy atom. The normalized spacial score (nSPS) is 12.9. The number of carboxylic acids is 1. The minimum absolute atomic E-state index is 0.126. The summed E-state index contributed by atoms with van der Waals surface area (Å²) in [6.07, 6.45) is 1.36. The molecule has 0 rings (SSSR count). The van der Waals surface area contributed by atoms with Crippen molar-refractivity contribution >= 4 is 11.8 Å². The maximum atomic E-state index is 10.7. The molecule has 76 valence electrons. The van der Waals surface area contributed by atoms with Gasteiger partial charge in [-0.15, -0.1) is 0 Å². The summed E-state index contributed by atoms with van der Waals surface area (Å²) in [4.78, 5) is 21.2. The molecule has 1 N–H and O–H groups in total. The van der Waals surface area contributed by atoms with Crippen molar-refractivity contribution in [1.82, 2.24) is 0 Å². The standard InChI is InChI=1S/C10H18O3/c1-7(2)9(6-10(12)13)5-4-8(3)11/h7,9H,4-6H2,1-3H3,(H,12,13)/t9-/m1/s1. The summed E-state index contributed by atoms with van der Waals surface area (Å²) in [5, 5.41) is 8.61. The molecule has 0 spiro atoms. The Morgan fingerprint density at radius 2 is 1.85 bits per heavy atom. The fourth-order valence-corrected chi connectivity index (χ4v) is 1.28. The second kappa shape index (κ2) is 5.73. The van der Waals surface area contributed by atoms with Crippen LogP contribution in [0.4, 0.5) is 0 Å². The Balaban J connectivity index is 3.95. The second-order valence-corrected chi connectivity index (χ2v) is 3.84. The summed E-state index contributed by atoms with van der Waals surface area (Å²) in [6, 6.07) is 0. The van der Waals surface area contributed by atoms with Crippen LogP contribution in [0.2, 0.25) is 0 Å². The number of carbonyl (C=O) groups is 2. The highest BCUT2D eigenvalue weighted by Crippen LogP contribution is 2.20. The summed E-state index contributed by atoms with van der Waals surface area (Å²) in [5.74, 6) is -0.185. The highest BCUT2D eigenvalue weighted by atomic mass is 16.4. The fraction of sp³-hybridized carbons (Fsp3) is 0.800. The topological polar surface area (TPSA) is 54.4 Å². The summed E-state index contributed by atoms with van der Waals surface area (Å²) in [5.41, 5.74) is 0. The van der Waals surface area contributed by atoms with Crippen LogP contribution in [0.25, 0.3) is 0 Å². The van der Waals surface area contributed by atoms with Gasteiger partial charge in [0, 0.05) is 12.8 Å². The van der Waals surface area contributed by atoms with Gasteiger partial charge in [-0.05, 0) is 25.2 Å². The molecular weight excluding hydrogens is 168 g/mol. The molecule has 0 fully saturated rings. The number of Topliss-reactive ketones (excluding diaryl/α,β-unsaturated/α-hetero) is 1. The van der Waals surface area contributed by atoms with E-state index >= 15 is 0 Å². The number of hydrogen-bond acceptors (Lipinski definition) is 2. The van der Waals surface area contributed by atoms with Crippen LogP contribution in [0.15, 0.2) is 0 Å². The van der Waals surface area contributed by atoms with E-state index in [0.717, 1.165) is 0 Å². The van der Waals surface area contributed by atoms with Gasteiger partial charge < -0.3 is 9.90 Å². The zero-order valence-electron chi connectivity index (χ0n) is 8.54. The van der Waals surface area contributed by atoms with Crippen molar-refractivity contribution in [2.45, 2.75) is 40.0 Å². The summed E-state index contributed by atoms with van der Waals surface area (Å²) in [7, 11) is 0. The molecule has 0 aromatic heterocycles. The van der Waals surface area contributed by atoms with Crippen molar-refractivity contribution in [3.8, 4) is 0 Å². The smallest absolute Gasteiger partial charge is 0.303 e. The third-order valence-corrected chi connectivity index (χ3v) is 2.25. The zero-order valence-corrected chi connectivity index (χ0v) is 8.54. The molecule has 0 aliphatic heterocycles. The maximum Gasteiger partial charge on any atom is 0.303 e. The van der Waals surface area contributed by atoms with E-state index in [9.17, 15) is 9.59 Å². The van der Waals surface area contributed by atoms with Crippen molar-refractivity contribution in [2.24, 2.45) is 11.8 Å². The quantitative estimate of drug-likeness (QED) is 0.691. The van der Waals surface area contributed by atoms with Crippen LogP contribution in [0.1, 0.15) is 40.0 Å². The molecule has 13 heavy (non-hydrogen) atoms. The van der Waals surface area contributed by atoms with E-state index in [4.69, 9.17) is 5.11 Å². The molecule has 0 amide bonds. The van der Waals surface area contributed by atoms with Crippen LogP contribution in [0.5, 0.6) is 0 Å². The molecule has 0 bridgehead atoms. The van der Waals surface area contributed by atoms with Crippen molar-refractivity contribution in [3.05, 3.63) is 0 Å². The van der Waals surface area contributed by atoms with Crippen LogP contribution in [0.3, 0.4) is 0 Å². The Labute approximate surface area is 79.1 Å². The lowest BCUT2D eigenvalue weighted by Gasteiger charge is -2.17. The first-order valence-electron chi connectivity index (χ1n) is 4.64. The van der Waals surface area contributed by atoms with E-state index in [1.807, 2.05) is 13.8 Å². The van der Waals surface area contributed by atoms with Gasteiger partial charge in [0.1, 0.15) is 5.78 Å². The summed E-state index contributed by atoms with van der Waals surface area (Å²) < 4.78 is 0. The molecule has 3 heteroatoms. The summed E-state index contributed by atoms with van der Waals surface area (Å²) >= 11 is 0. The third-order valence-electron chi connectivity index (χ3n) is 2.25. The van der Waals surface area contributed by atoms with Gasteiger partial charge in [-0.1, -0.05) is 13.8 Å². The number of ketones is 1. The van der Waals surface area contributed by atoms with Gasteiger partial charge in [0.05, 0.1) is 0 Å². The number of aliphatic carboxylic acids is 1. The highest BCUT2D eigenvalue weighted by Gasteiger charge is 2.17. The van der Waals surface area contributed by atoms with Crippen LogP contribution in [-0.2, 0) is 9.59 Å². The van der Waals surface area contributed by atoms with E-state index in [0.29, 0.717) is 18.8 Å². The molecule has 0 aromatic carbocycles. The minimum Gasteiger partial charge on any atom is -0.481 e. The van der Waals surface area contributed by atoms with Gasteiger partial charge in [0.25, 0.3) is 0 Å². The lowest BCUT2D eigenvalue weighted by molar-refractivity contribution is -0.138. The van der Waals surface area contributed by atoms with Crippen LogP contribution < -0.4 is 0 Å². The maximum absolute atomic E-state index is 10.7. The summed E-state index contributed by atoms with van der Waals surface area (Å²) in [6.45, 7) is 5.53. The van der Waals surface area contributed by atoms with Crippen LogP contribution >= 0.6 is 0 Å². The first kappa shape index (κ1) is 12.1. The minimum atomic E-state index is -0.776. The predicted molar refractivity (Wildman–Crippen MR) is 50.5 cm³/mol. The van der Waals surface area contributed by atoms with Crippen molar-refractivity contribution in [1.29, 1.82) is 0 Å². The Bertz CT molecular complexity index is 185. The monoisotopic (exact) mass is 186 g/mol. The average molecular weight is 186 g/mol. The number of carboxylic acid groups (broad SMARTS) is 1. The van der Waals surface area contributed by atoms with Gasteiger partial charge in [-0.2, -0.15) is 0 Å². The molecule has 0 saturated carbocycles. The van der Waals surface area contributed by atoms with Crippen molar-refractivity contribution < 1.29 is 14.7 Å². The molecular formula is C10H18O3. The van der Waals surface area contributed by atoms with E-state index < -0.39 is 5.97 Å². The molecule has 0 aromatic rings. The van der Waals surface area contributed by atoms with Gasteiger partial charge in [0.15, 0.2) is 0 Å². The molecule has 0 heterocycles. The third kappa shape index (κ3) is 6.31. The highest BCUT2D eigenvalue weighted by molar-refractivity contribution is 5.75. The molecule has 0 saturated heterocycles. The first-order valence-corrected chi connectivity index (χ1v) is 4.64. The molecule has 0 radical (unpaired) electrons. The molecule has 3 nitrogen and oxygen atoms in total. The Kier molecular flexibility index (Phi) is 5.35. The van der Waals surface area contributed by atoms with E-state index in [1.54, 1.807) is 0 Å². The lowest BCUT2D eigenvalue weighted by atomic mass is 9.88. The molecule has 0 aliphatic rings. The largest absolute Gasteiger partial charge is 0.481 e. The van der Waals surface area contributed by atoms with E-state index in [-0.39, 0.29) is 18.1 Å². The second-order valence-electron chi connectivity index (χ2n) is 3.84.